The fourth-order valence-electron chi connectivity index (χ4n) is 5.19. The van der Waals surface area contributed by atoms with Crippen LogP contribution in [0.1, 0.15) is 49.9 Å². The fraction of sp³-hybridized carbons (Fsp3) is 0.414. The van der Waals surface area contributed by atoms with Crippen LogP contribution in [0, 0.1) is 17.6 Å². The lowest BCUT2D eigenvalue weighted by Gasteiger charge is -2.40. The Kier molecular flexibility index (Phi) is 9.44. The molecule has 0 unspecified atom stereocenters. The number of amides is 2. The first-order valence-corrected chi connectivity index (χ1v) is 13.7. The van der Waals surface area contributed by atoms with Gasteiger partial charge in [-0.15, -0.1) is 0 Å². The molecule has 15 heteroatoms. The predicted molar refractivity (Wildman–Crippen MR) is 149 cm³/mol. The number of alkyl halides is 5. The van der Waals surface area contributed by atoms with Crippen LogP contribution in [0.2, 0.25) is 0 Å². The number of anilines is 3. The number of urea groups is 1. The lowest BCUT2D eigenvalue weighted by molar-refractivity contribution is -0.142. The average molecular weight is 630 g/mol. The van der Waals surface area contributed by atoms with Crippen LogP contribution in [0.5, 0.6) is 0 Å². The lowest BCUT2D eigenvalue weighted by atomic mass is 9.90. The standard InChI is InChI=1S/C29H30F7N5O3/c1-16(2)13-41(19-5-7-28(32,33)8-6-19)25-11-23(31)22(21-9-17(30)3-4-20(21)26(42)43)10-24(25)39-27(44)38-18-12-37-40(14-18)15-29(34,35)36/h3-4,9-12,14,16,19H,5-8,13,15H2,1-2H3,(H,42,43)(H2,38,39,44). The number of carboxylic acid groups (broad SMARTS) is 1. The van der Waals surface area contributed by atoms with Gasteiger partial charge in [-0.1, -0.05) is 13.8 Å². The summed E-state index contributed by atoms with van der Waals surface area (Å²) in [5.74, 6) is -6.15. The van der Waals surface area contributed by atoms with Crippen molar-refractivity contribution in [2.24, 2.45) is 5.92 Å². The van der Waals surface area contributed by atoms with Gasteiger partial charge in [-0.3, -0.25) is 4.68 Å². The maximum absolute atomic E-state index is 15.8. The molecule has 1 aliphatic carbocycles. The van der Waals surface area contributed by atoms with Crippen molar-refractivity contribution in [3.05, 3.63) is 59.9 Å². The van der Waals surface area contributed by atoms with E-state index in [1.54, 1.807) is 4.90 Å². The van der Waals surface area contributed by atoms with Gasteiger partial charge < -0.3 is 20.6 Å². The third-order valence-corrected chi connectivity index (χ3v) is 7.07. The van der Waals surface area contributed by atoms with Crippen LogP contribution < -0.4 is 15.5 Å². The van der Waals surface area contributed by atoms with Crippen LogP contribution in [0.4, 0.5) is 52.6 Å². The number of carboxylic acids is 1. The number of carbonyl (C=O) groups is 2. The van der Waals surface area contributed by atoms with E-state index in [1.165, 1.54) is 0 Å². The van der Waals surface area contributed by atoms with Crippen molar-refractivity contribution in [3.8, 4) is 11.1 Å². The first kappa shape index (κ1) is 32.6. The van der Waals surface area contributed by atoms with E-state index in [0.29, 0.717) is 4.68 Å². The van der Waals surface area contributed by atoms with Crippen LogP contribution in [0.15, 0.2) is 42.7 Å². The number of aromatic carboxylic acids is 1. The third kappa shape index (κ3) is 8.20. The average Bonchev–Trinajstić information content (AvgIpc) is 3.32. The number of rotatable bonds is 9. The minimum atomic E-state index is -4.56. The van der Waals surface area contributed by atoms with Gasteiger partial charge in [0.2, 0.25) is 5.92 Å². The second-order valence-electron chi connectivity index (χ2n) is 11.1. The Morgan fingerprint density at radius 3 is 2.39 bits per heavy atom. The monoisotopic (exact) mass is 629 g/mol. The van der Waals surface area contributed by atoms with Gasteiger partial charge in [0.1, 0.15) is 18.2 Å². The van der Waals surface area contributed by atoms with Crippen LogP contribution in [-0.4, -0.2) is 51.6 Å². The van der Waals surface area contributed by atoms with Crippen LogP contribution in [0.3, 0.4) is 0 Å². The molecule has 0 bridgehead atoms. The van der Waals surface area contributed by atoms with Crippen molar-refractivity contribution in [1.29, 1.82) is 0 Å². The van der Waals surface area contributed by atoms with Gasteiger partial charge in [0.05, 0.1) is 28.8 Å². The van der Waals surface area contributed by atoms with Crippen LogP contribution >= 0.6 is 0 Å². The van der Waals surface area contributed by atoms with Gasteiger partial charge in [0.15, 0.2) is 0 Å². The van der Waals surface area contributed by atoms with Gasteiger partial charge in [-0.2, -0.15) is 18.3 Å². The summed E-state index contributed by atoms with van der Waals surface area (Å²) in [7, 11) is 0. The van der Waals surface area contributed by atoms with Gasteiger partial charge in [-0.05, 0) is 49.1 Å². The van der Waals surface area contributed by atoms with Gasteiger partial charge in [0.25, 0.3) is 0 Å². The molecule has 0 aliphatic heterocycles. The quantitative estimate of drug-likeness (QED) is 0.210. The second-order valence-corrected chi connectivity index (χ2v) is 11.1. The number of hydrogen-bond donors (Lipinski definition) is 3. The Hall–Kier alpha value is -4.30. The van der Waals surface area contributed by atoms with Gasteiger partial charge >= 0.3 is 18.2 Å². The van der Waals surface area contributed by atoms with E-state index in [0.717, 1.165) is 42.7 Å². The molecule has 1 saturated carbocycles. The zero-order valence-corrected chi connectivity index (χ0v) is 23.7. The van der Waals surface area contributed by atoms with Gasteiger partial charge in [-0.25, -0.2) is 27.2 Å². The molecule has 1 fully saturated rings. The van der Waals surface area contributed by atoms with Crippen molar-refractivity contribution in [1.82, 2.24) is 9.78 Å². The summed E-state index contributed by atoms with van der Waals surface area (Å²) in [5, 5.41) is 18.1. The van der Waals surface area contributed by atoms with Crippen molar-refractivity contribution < 1.29 is 45.4 Å². The molecular formula is C29H30F7N5O3. The summed E-state index contributed by atoms with van der Waals surface area (Å²) in [5.41, 5.74) is -1.15. The maximum atomic E-state index is 15.8. The van der Waals surface area contributed by atoms with E-state index in [-0.39, 0.29) is 53.5 Å². The highest BCUT2D eigenvalue weighted by atomic mass is 19.4. The summed E-state index contributed by atoms with van der Waals surface area (Å²) >= 11 is 0. The van der Waals surface area contributed by atoms with E-state index in [4.69, 9.17) is 0 Å². The Balaban J connectivity index is 1.77. The molecule has 2 aromatic carbocycles. The van der Waals surface area contributed by atoms with E-state index >= 15 is 4.39 Å². The smallest absolute Gasteiger partial charge is 0.408 e. The molecule has 1 aromatic heterocycles. The molecule has 4 rings (SSSR count). The molecule has 0 spiro atoms. The Morgan fingerprint density at radius 2 is 1.77 bits per heavy atom. The van der Waals surface area contributed by atoms with Crippen molar-refractivity contribution in [3.63, 3.8) is 0 Å². The molecule has 1 aliphatic rings. The molecule has 0 saturated heterocycles. The normalized spacial score (nSPS) is 15.3. The molecule has 44 heavy (non-hydrogen) atoms. The number of carbonyl (C=O) groups excluding carboxylic acids is 1. The Morgan fingerprint density at radius 1 is 1.09 bits per heavy atom. The lowest BCUT2D eigenvalue weighted by Crippen LogP contribution is -2.43. The minimum Gasteiger partial charge on any atom is -0.478 e. The maximum Gasteiger partial charge on any atom is 0.408 e. The minimum absolute atomic E-state index is 0.0387. The number of nitrogens with one attached hydrogen (secondary N) is 2. The first-order chi connectivity index (χ1) is 20.5. The van der Waals surface area contributed by atoms with E-state index in [9.17, 15) is 41.0 Å². The number of aromatic nitrogens is 2. The molecule has 238 valence electrons. The van der Waals surface area contributed by atoms with Crippen molar-refractivity contribution in [2.75, 3.05) is 22.1 Å². The number of nitrogens with zero attached hydrogens (tertiary/aromatic N) is 3. The number of hydrogen-bond acceptors (Lipinski definition) is 4. The van der Waals surface area contributed by atoms with E-state index < -0.39 is 66.7 Å². The number of benzene rings is 2. The first-order valence-electron chi connectivity index (χ1n) is 13.7. The largest absolute Gasteiger partial charge is 0.478 e. The number of halogens is 7. The molecule has 8 nitrogen and oxygen atoms in total. The fourth-order valence-corrected chi connectivity index (χ4v) is 5.19. The predicted octanol–water partition coefficient (Wildman–Crippen LogP) is 7.77. The van der Waals surface area contributed by atoms with E-state index in [2.05, 4.69) is 15.7 Å². The summed E-state index contributed by atoms with van der Waals surface area (Å²) in [4.78, 5) is 26.6. The summed E-state index contributed by atoms with van der Waals surface area (Å²) < 4.78 is 96.8. The van der Waals surface area contributed by atoms with Crippen LogP contribution in [0.25, 0.3) is 11.1 Å². The third-order valence-electron chi connectivity index (χ3n) is 7.07. The summed E-state index contributed by atoms with van der Waals surface area (Å²) in [6.45, 7) is 2.60. The van der Waals surface area contributed by atoms with Crippen LogP contribution in [-0.2, 0) is 6.54 Å². The molecular weight excluding hydrogens is 599 g/mol. The molecule has 0 radical (unpaired) electrons. The highest BCUT2D eigenvalue weighted by Crippen LogP contribution is 2.41. The highest BCUT2D eigenvalue weighted by molar-refractivity contribution is 6.03. The zero-order valence-electron chi connectivity index (χ0n) is 23.7. The van der Waals surface area contributed by atoms with Crippen molar-refractivity contribution in [2.45, 2.75) is 64.2 Å². The Labute approximate surface area is 247 Å². The molecule has 1 heterocycles. The zero-order chi connectivity index (χ0) is 32.4. The Bertz CT molecular complexity index is 1510. The second kappa shape index (κ2) is 12.7. The van der Waals surface area contributed by atoms with E-state index in [1.807, 2.05) is 13.8 Å². The summed E-state index contributed by atoms with van der Waals surface area (Å²) in [6.07, 6.45) is -3.28. The SMILES string of the molecule is CC(C)CN(c1cc(F)c(-c2cc(F)ccc2C(=O)O)cc1NC(=O)Nc1cnn(CC(F)(F)F)c1)C1CCC(F)(F)CC1. The molecule has 2 amide bonds. The topological polar surface area (TPSA) is 99.5 Å². The van der Waals surface area contributed by atoms with Crippen molar-refractivity contribution >= 4 is 29.1 Å². The molecule has 3 aromatic rings. The highest BCUT2D eigenvalue weighted by Gasteiger charge is 2.38. The summed E-state index contributed by atoms with van der Waals surface area (Å²) in [6, 6.07) is 3.40. The molecule has 3 N–H and O–H groups in total. The molecule has 0 atom stereocenters. The van der Waals surface area contributed by atoms with Gasteiger partial charge in [0, 0.05) is 42.8 Å².